The summed E-state index contributed by atoms with van der Waals surface area (Å²) in [5.74, 6) is -0.181. The molecule has 0 bridgehead atoms. The molecule has 0 aliphatic heterocycles. The van der Waals surface area contributed by atoms with Gasteiger partial charge in [-0.05, 0) is 48.7 Å². The molecule has 0 saturated carbocycles. The normalized spacial score (nSPS) is 12.4. The van der Waals surface area contributed by atoms with E-state index in [0.717, 1.165) is 18.4 Å². The van der Waals surface area contributed by atoms with Crippen LogP contribution in [0.2, 0.25) is 0 Å². The van der Waals surface area contributed by atoms with E-state index in [2.05, 4.69) is 36.5 Å². The molecule has 0 amide bonds. The van der Waals surface area contributed by atoms with Gasteiger partial charge in [0.25, 0.3) is 0 Å². The van der Waals surface area contributed by atoms with Gasteiger partial charge >= 0.3 is 0 Å². The lowest BCUT2D eigenvalue weighted by atomic mass is 9.98. The highest BCUT2D eigenvalue weighted by Crippen LogP contribution is 2.19. The highest BCUT2D eigenvalue weighted by Gasteiger charge is 2.10. The summed E-state index contributed by atoms with van der Waals surface area (Å²) in [6.45, 7) is 2.15. The summed E-state index contributed by atoms with van der Waals surface area (Å²) in [4.78, 5) is 0. The van der Waals surface area contributed by atoms with Crippen LogP contribution in [0.5, 0.6) is 0 Å². The minimum absolute atomic E-state index is 0.142. The van der Waals surface area contributed by atoms with Crippen LogP contribution in [0.1, 0.15) is 29.7 Å². The minimum Gasteiger partial charge on any atom is -0.313 e. The molecule has 0 fully saturated rings. The van der Waals surface area contributed by atoms with E-state index < -0.39 is 0 Å². The summed E-state index contributed by atoms with van der Waals surface area (Å²) in [6, 6.07) is 15.6. The molecule has 2 aromatic carbocycles. The zero-order valence-corrected chi connectivity index (χ0v) is 11.5. The van der Waals surface area contributed by atoms with Crippen molar-refractivity contribution in [1.82, 2.24) is 5.32 Å². The Labute approximate surface area is 114 Å². The van der Waals surface area contributed by atoms with Gasteiger partial charge < -0.3 is 5.32 Å². The SMILES string of the molecule is CCc1ccc(CC(NC)c2cccc(F)c2)cc1. The van der Waals surface area contributed by atoms with Crippen LogP contribution in [0.25, 0.3) is 0 Å². The summed E-state index contributed by atoms with van der Waals surface area (Å²) in [7, 11) is 1.91. The van der Waals surface area contributed by atoms with Crippen LogP contribution in [-0.2, 0) is 12.8 Å². The molecule has 0 heterocycles. The van der Waals surface area contributed by atoms with Crippen LogP contribution in [-0.4, -0.2) is 7.05 Å². The molecule has 0 aliphatic carbocycles. The van der Waals surface area contributed by atoms with Crippen molar-refractivity contribution in [3.8, 4) is 0 Å². The van der Waals surface area contributed by atoms with Gasteiger partial charge in [0, 0.05) is 6.04 Å². The van der Waals surface area contributed by atoms with Gasteiger partial charge in [-0.2, -0.15) is 0 Å². The minimum atomic E-state index is -0.181. The number of hydrogen-bond donors (Lipinski definition) is 1. The fourth-order valence-electron chi connectivity index (χ4n) is 2.26. The molecule has 100 valence electrons. The first-order valence-electron chi connectivity index (χ1n) is 6.73. The standard InChI is InChI=1S/C17H20FN/c1-3-13-7-9-14(10-8-13)11-17(19-2)15-5-4-6-16(18)12-15/h4-10,12,17,19H,3,11H2,1-2H3. The molecule has 0 aromatic heterocycles. The van der Waals surface area contributed by atoms with E-state index >= 15 is 0 Å². The second kappa shape index (κ2) is 6.48. The summed E-state index contributed by atoms with van der Waals surface area (Å²) >= 11 is 0. The van der Waals surface area contributed by atoms with Crippen molar-refractivity contribution in [2.45, 2.75) is 25.8 Å². The quantitative estimate of drug-likeness (QED) is 0.857. The molecule has 1 N–H and O–H groups in total. The third-order valence-corrected chi connectivity index (χ3v) is 3.47. The van der Waals surface area contributed by atoms with Gasteiger partial charge in [0.2, 0.25) is 0 Å². The summed E-state index contributed by atoms with van der Waals surface area (Å²) in [5, 5.41) is 3.26. The fourth-order valence-corrected chi connectivity index (χ4v) is 2.26. The summed E-state index contributed by atoms with van der Waals surface area (Å²) in [5.41, 5.74) is 3.60. The first kappa shape index (κ1) is 13.8. The lowest BCUT2D eigenvalue weighted by Gasteiger charge is -2.17. The van der Waals surface area contributed by atoms with Gasteiger partial charge in [-0.3, -0.25) is 0 Å². The molecule has 19 heavy (non-hydrogen) atoms. The number of rotatable bonds is 5. The van der Waals surface area contributed by atoms with E-state index in [1.807, 2.05) is 13.1 Å². The van der Waals surface area contributed by atoms with Gasteiger partial charge in [-0.15, -0.1) is 0 Å². The Balaban J connectivity index is 2.14. The summed E-state index contributed by atoms with van der Waals surface area (Å²) < 4.78 is 13.3. The Morgan fingerprint density at radius 2 is 1.74 bits per heavy atom. The number of nitrogens with one attached hydrogen (secondary N) is 1. The van der Waals surface area contributed by atoms with Crippen LogP contribution >= 0.6 is 0 Å². The van der Waals surface area contributed by atoms with Crippen molar-refractivity contribution in [1.29, 1.82) is 0 Å². The number of hydrogen-bond acceptors (Lipinski definition) is 1. The molecule has 2 heteroatoms. The number of halogens is 1. The van der Waals surface area contributed by atoms with Crippen molar-refractivity contribution in [2.24, 2.45) is 0 Å². The third-order valence-electron chi connectivity index (χ3n) is 3.47. The Morgan fingerprint density at radius 1 is 1.05 bits per heavy atom. The molecule has 2 aromatic rings. The predicted molar refractivity (Wildman–Crippen MR) is 77.7 cm³/mol. The van der Waals surface area contributed by atoms with Gasteiger partial charge in [0.05, 0.1) is 0 Å². The topological polar surface area (TPSA) is 12.0 Å². The number of benzene rings is 2. The maximum atomic E-state index is 13.3. The summed E-state index contributed by atoms with van der Waals surface area (Å²) in [6.07, 6.45) is 1.92. The highest BCUT2D eigenvalue weighted by molar-refractivity contribution is 5.26. The van der Waals surface area contributed by atoms with Gasteiger partial charge in [0.1, 0.15) is 5.82 Å². The molecule has 1 nitrogen and oxygen atoms in total. The van der Waals surface area contributed by atoms with Crippen LogP contribution in [0, 0.1) is 5.82 Å². The number of aryl methyl sites for hydroxylation is 1. The van der Waals surface area contributed by atoms with E-state index in [4.69, 9.17) is 0 Å². The molecule has 1 atom stereocenters. The van der Waals surface area contributed by atoms with Crippen molar-refractivity contribution in [3.05, 3.63) is 71.0 Å². The Morgan fingerprint density at radius 3 is 2.32 bits per heavy atom. The Bertz CT molecular complexity index is 519. The zero-order chi connectivity index (χ0) is 13.7. The average molecular weight is 257 g/mol. The molecular weight excluding hydrogens is 237 g/mol. The van der Waals surface area contributed by atoms with Crippen molar-refractivity contribution >= 4 is 0 Å². The largest absolute Gasteiger partial charge is 0.313 e. The number of likely N-dealkylation sites (N-methyl/N-ethyl adjacent to an activating group) is 1. The third kappa shape index (κ3) is 3.65. The monoisotopic (exact) mass is 257 g/mol. The fraction of sp³-hybridized carbons (Fsp3) is 0.294. The maximum Gasteiger partial charge on any atom is 0.123 e. The maximum absolute atomic E-state index is 13.3. The smallest absolute Gasteiger partial charge is 0.123 e. The van der Waals surface area contributed by atoms with E-state index in [1.54, 1.807) is 12.1 Å². The van der Waals surface area contributed by atoms with Gasteiger partial charge in [-0.1, -0.05) is 43.3 Å². The first-order chi connectivity index (χ1) is 9.22. The van der Waals surface area contributed by atoms with Crippen LogP contribution < -0.4 is 5.32 Å². The molecule has 2 rings (SSSR count). The van der Waals surface area contributed by atoms with Crippen molar-refractivity contribution in [2.75, 3.05) is 7.05 Å². The molecule has 0 saturated heterocycles. The molecule has 1 unspecified atom stereocenters. The lowest BCUT2D eigenvalue weighted by Crippen LogP contribution is -2.18. The van der Waals surface area contributed by atoms with E-state index in [-0.39, 0.29) is 11.9 Å². The molecular formula is C17H20FN. The van der Waals surface area contributed by atoms with Gasteiger partial charge in [0.15, 0.2) is 0 Å². The van der Waals surface area contributed by atoms with Crippen molar-refractivity contribution in [3.63, 3.8) is 0 Å². The van der Waals surface area contributed by atoms with Crippen molar-refractivity contribution < 1.29 is 4.39 Å². The molecule has 0 radical (unpaired) electrons. The lowest BCUT2D eigenvalue weighted by molar-refractivity contribution is 0.577. The van der Waals surface area contributed by atoms with Crippen LogP contribution in [0.4, 0.5) is 4.39 Å². The van der Waals surface area contributed by atoms with E-state index in [0.29, 0.717) is 0 Å². The van der Waals surface area contributed by atoms with Crippen LogP contribution in [0.15, 0.2) is 48.5 Å². The molecule has 0 spiro atoms. The van der Waals surface area contributed by atoms with Crippen LogP contribution in [0.3, 0.4) is 0 Å². The first-order valence-corrected chi connectivity index (χ1v) is 6.73. The van der Waals surface area contributed by atoms with E-state index in [1.165, 1.54) is 17.2 Å². The second-order valence-corrected chi connectivity index (χ2v) is 4.77. The Hall–Kier alpha value is -1.67. The second-order valence-electron chi connectivity index (χ2n) is 4.77. The predicted octanol–water partition coefficient (Wildman–Crippen LogP) is 3.89. The highest BCUT2D eigenvalue weighted by atomic mass is 19.1. The Kier molecular flexibility index (Phi) is 4.69. The average Bonchev–Trinajstić information content (AvgIpc) is 2.45. The van der Waals surface area contributed by atoms with E-state index in [9.17, 15) is 4.39 Å². The zero-order valence-electron chi connectivity index (χ0n) is 11.5. The van der Waals surface area contributed by atoms with Gasteiger partial charge in [-0.25, -0.2) is 4.39 Å². The molecule has 0 aliphatic rings.